The molecule has 70 valence electrons. The molecule has 1 N–H and O–H groups in total. The Labute approximate surface area is 97.3 Å². The molecule has 0 amide bonds. The van der Waals surface area contributed by atoms with Gasteiger partial charge in [0.25, 0.3) is 0 Å². The molecular formula is C10H11ClIN. The van der Waals surface area contributed by atoms with E-state index in [9.17, 15) is 0 Å². The van der Waals surface area contributed by atoms with Crippen LogP contribution in [0.4, 0.5) is 5.69 Å². The van der Waals surface area contributed by atoms with E-state index < -0.39 is 0 Å². The molecule has 1 rings (SSSR count). The molecule has 0 aliphatic carbocycles. The second-order valence-electron chi connectivity index (χ2n) is 2.52. The van der Waals surface area contributed by atoms with Gasteiger partial charge in [-0.25, -0.2) is 0 Å². The summed E-state index contributed by atoms with van der Waals surface area (Å²) in [5.41, 5.74) is 1.14. The van der Waals surface area contributed by atoms with Crippen molar-refractivity contribution in [3.05, 3.63) is 40.0 Å². The minimum Gasteiger partial charge on any atom is -0.382 e. The molecule has 0 heterocycles. The number of nitrogens with one attached hydrogen (secondary N) is 1. The van der Waals surface area contributed by atoms with Crippen LogP contribution in [-0.2, 0) is 0 Å². The molecule has 0 spiro atoms. The highest BCUT2D eigenvalue weighted by Gasteiger charge is 1.89. The summed E-state index contributed by atoms with van der Waals surface area (Å²) in [7, 11) is 0. The molecule has 0 fully saturated rings. The fourth-order valence-corrected chi connectivity index (χ4v) is 1.59. The van der Waals surface area contributed by atoms with Crippen molar-refractivity contribution in [1.29, 1.82) is 0 Å². The van der Waals surface area contributed by atoms with Crippen LogP contribution in [0.2, 0.25) is 0 Å². The van der Waals surface area contributed by atoms with Gasteiger partial charge in [0.05, 0.1) is 0 Å². The lowest BCUT2D eigenvalue weighted by molar-refractivity contribution is 1.32. The molecule has 0 atom stereocenters. The summed E-state index contributed by atoms with van der Waals surface area (Å²) in [6, 6.07) is 8.27. The van der Waals surface area contributed by atoms with E-state index in [1.165, 1.54) is 3.57 Å². The van der Waals surface area contributed by atoms with E-state index >= 15 is 0 Å². The average Bonchev–Trinajstić information content (AvgIpc) is 2.13. The van der Waals surface area contributed by atoms with Gasteiger partial charge >= 0.3 is 0 Å². The fraction of sp³-hybridized carbons (Fsp3) is 0.200. The molecule has 1 nitrogen and oxygen atoms in total. The molecular weight excluding hydrogens is 296 g/mol. The standard InChI is InChI=1S/C10H11ClIN/c11-6-1-2-7-13-10-5-3-4-9(12)8-10/h1-5,8,13H,6-7H2/b2-1+. The van der Waals surface area contributed by atoms with Crippen molar-refractivity contribution in [1.82, 2.24) is 0 Å². The minimum atomic E-state index is 0.577. The minimum absolute atomic E-state index is 0.577. The van der Waals surface area contributed by atoms with Crippen LogP contribution < -0.4 is 5.32 Å². The number of anilines is 1. The summed E-state index contributed by atoms with van der Waals surface area (Å²) in [6.07, 6.45) is 3.95. The molecule has 0 saturated carbocycles. The van der Waals surface area contributed by atoms with E-state index in [1.807, 2.05) is 18.2 Å². The highest BCUT2D eigenvalue weighted by molar-refractivity contribution is 14.1. The van der Waals surface area contributed by atoms with Gasteiger partial charge in [0, 0.05) is 21.7 Å². The molecule has 0 aliphatic heterocycles. The third kappa shape index (κ3) is 4.52. The van der Waals surface area contributed by atoms with Gasteiger partial charge in [0.15, 0.2) is 0 Å². The quantitative estimate of drug-likeness (QED) is 0.510. The van der Waals surface area contributed by atoms with Crippen molar-refractivity contribution in [2.24, 2.45) is 0 Å². The van der Waals surface area contributed by atoms with E-state index in [1.54, 1.807) is 0 Å². The Balaban J connectivity index is 2.41. The number of allylic oxidation sites excluding steroid dienone is 1. The summed E-state index contributed by atoms with van der Waals surface area (Å²) >= 11 is 7.79. The van der Waals surface area contributed by atoms with Crippen LogP contribution in [0, 0.1) is 3.57 Å². The van der Waals surface area contributed by atoms with Gasteiger partial charge in [-0.3, -0.25) is 0 Å². The van der Waals surface area contributed by atoms with Crippen LogP contribution in [0.3, 0.4) is 0 Å². The van der Waals surface area contributed by atoms with E-state index in [2.05, 4.69) is 46.1 Å². The molecule has 0 bridgehead atoms. The molecule has 1 aromatic rings. The van der Waals surface area contributed by atoms with Crippen LogP contribution in [0.1, 0.15) is 0 Å². The lowest BCUT2D eigenvalue weighted by atomic mass is 10.3. The monoisotopic (exact) mass is 307 g/mol. The maximum atomic E-state index is 5.49. The predicted molar refractivity (Wildman–Crippen MR) is 67.5 cm³/mol. The maximum Gasteiger partial charge on any atom is 0.0404 e. The number of halogens is 2. The lowest BCUT2D eigenvalue weighted by Gasteiger charge is -2.02. The molecule has 1 aromatic carbocycles. The Hall–Kier alpha value is -0.220. The van der Waals surface area contributed by atoms with Gasteiger partial charge in [-0.15, -0.1) is 11.6 Å². The fourth-order valence-electron chi connectivity index (χ4n) is 0.922. The van der Waals surface area contributed by atoms with Gasteiger partial charge in [0.2, 0.25) is 0 Å². The first-order valence-electron chi connectivity index (χ1n) is 4.03. The first kappa shape index (κ1) is 10.9. The molecule has 0 saturated heterocycles. The number of benzene rings is 1. The highest BCUT2D eigenvalue weighted by Crippen LogP contribution is 2.11. The topological polar surface area (TPSA) is 12.0 Å². The van der Waals surface area contributed by atoms with E-state index in [0.717, 1.165) is 12.2 Å². The van der Waals surface area contributed by atoms with Gasteiger partial charge in [-0.05, 0) is 40.8 Å². The zero-order chi connectivity index (χ0) is 9.52. The predicted octanol–water partition coefficient (Wildman–Crippen LogP) is 3.50. The number of alkyl halides is 1. The van der Waals surface area contributed by atoms with Crippen molar-refractivity contribution in [3.63, 3.8) is 0 Å². The van der Waals surface area contributed by atoms with Crippen LogP contribution in [0.15, 0.2) is 36.4 Å². The van der Waals surface area contributed by atoms with Gasteiger partial charge in [-0.2, -0.15) is 0 Å². The second kappa shape index (κ2) is 6.27. The highest BCUT2D eigenvalue weighted by atomic mass is 127. The van der Waals surface area contributed by atoms with E-state index in [4.69, 9.17) is 11.6 Å². The van der Waals surface area contributed by atoms with Crippen molar-refractivity contribution in [2.75, 3.05) is 17.7 Å². The van der Waals surface area contributed by atoms with Gasteiger partial charge < -0.3 is 5.32 Å². The lowest BCUT2D eigenvalue weighted by Crippen LogP contribution is -1.97. The summed E-state index contributed by atoms with van der Waals surface area (Å²) in [4.78, 5) is 0. The van der Waals surface area contributed by atoms with Crippen LogP contribution in [-0.4, -0.2) is 12.4 Å². The van der Waals surface area contributed by atoms with Crippen molar-refractivity contribution in [2.45, 2.75) is 0 Å². The Kier molecular flexibility index (Phi) is 5.23. The van der Waals surface area contributed by atoms with Crippen LogP contribution in [0.5, 0.6) is 0 Å². The smallest absolute Gasteiger partial charge is 0.0404 e. The van der Waals surface area contributed by atoms with Crippen LogP contribution >= 0.6 is 34.2 Å². The Morgan fingerprint density at radius 1 is 1.38 bits per heavy atom. The molecule has 3 heteroatoms. The molecule has 0 radical (unpaired) electrons. The Bertz CT molecular complexity index is 286. The summed E-state index contributed by atoms with van der Waals surface area (Å²) in [5.74, 6) is 0.577. The molecule has 0 aliphatic rings. The number of hydrogen-bond acceptors (Lipinski definition) is 1. The van der Waals surface area contributed by atoms with Gasteiger partial charge in [0.1, 0.15) is 0 Å². The number of hydrogen-bond donors (Lipinski definition) is 1. The largest absolute Gasteiger partial charge is 0.382 e. The first-order valence-corrected chi connectivity index (χ1v) is 5.64. The Morgan fingerprint density at radius 3 is 2.92 bits per heavy atom. The SMILES string of the molecule is ClC/C=C/CNc1cccc(I)c1. The first-order chi connectivity index (χ1) is 6.33. The molecule has 13 heavy (non-hydrogen) atoms. The summed E-state index contributed by atoms with van der Waals surface area (Å²) in [6.45, 7) is 0.826. The normalized spacial score (nSPS) is 10.6. The van der Waals surface area contributed by atoms with E-state index in [-0.39, 0.29) is 0 Å². The maximum absolute atomic E-state index is 5.49. The third-order valence-corrected chi connectivity index (χ3v) is 2.35. The molecule has 0 unspecified atom stereocenters. The number of rotatable bonds is 4. The van der Waals surface area contributed by atoms with Crippen molar-refractivity contribution in [3.8, 4) is 0 Å². The average molecular weight is 308 g/mol. The van der Waals surface area contributed by atoms with Crippen molar-refractivity contribution < 1.29 is 0 Å². The summed E-state index contributed by atoms with van der Waals surface area (Å²) in [5, 5.41) is 3.27. The van der Waals surface area contributed by atoms with Crippen molar-refractivity contribution >= 4 is 39.9 Å². The second-order valence-corrected chi connectivity index (χ2v) is 4.07. The van der Waals surface area contributed by atoms with Gasteiger partial charge in [-0.1, -0.05) is 18.2 Å². The zero-order valence-corrected chi connectivity index (χ0v) is 10.0. The third-order valence-electron chi connectivity index (χ3n) is 1.50. The zero-order valence-electron chi connectivity index (χ0n) is 7.13. The Morgan fingerprint density at radius 2 is 2.23 bits per heavy atom. The summed E-state index contributed by atoms with van der Waals surface area (Å²) < 4.78 is 1.24. The van der Waals surface area contributed by atoms with Crippen LogP contribution in [0.25, 0.3) is 0 Å². The van der Waals surface area contributed by atoms with E-state index in [0.29, 0.717) is 5.88 Å². The molecule has 0 aromatic heterocycles.